The summed E-state index contributed by atoms with van der Waals surface area (Å²) in [6.07, 6.45) is 0.804. The van der Waals surface area contributed by atoms with Gasteiger partial charge in [-0.1, -0.05) is 12.1 Å². The van der Waals surface area contributed by atoms with Gasteiger partial charge in [0.05, 0.1) is 18.7 Å². The van der Waals surface area contributed by atoms with E-state index in [1.54, 1.807) is 23.1 Å². The highest BCUT2D eigenvalue weighted by Gasteiger charge is 2.22. The van der Waals surface area contributed by atoms with E-state index in [0.29, 0.717) is 25.2 Å². The first-order valence-electron chi connectivity index (χ1n) is 9.63. The monoisotopic (exact) mass is 415 g/mol. The molecule has 2 aromatic carbocycles. The van der Waals surface area contributed by atoms with Crippen molar-refractivity contribution in [3.8, 4) is 17.6 Å². The van der Waals surface area contributed by atoms with Gasteiger partial charge in [0.1, 0.15) is 0 Å². The molecule has 0 aromatic heterocycles. The van der Waals surface area contributed by atoms with Crippen molar-refractivity contribution in [2.75, 3.05) is 33.3 Å². The van der Waals surface area contributed by atoms with Crippen LogP contribution in [0.15, 0.2) is 42.5 Å². The molecule has 6 nitrogen and oxygen atoms in total. The third-order valence-electron chi connectivity index (χ3n) is 4.99. The fourth-order valence-corrected chi connectivity index (χ4v) is 3.46. The Morgan fingerprint density at radius 2 is 1.87 bits per heavy atom. The predicted molar refractivity (Wildman–Crippen MR) is 107 cm³/mol. The summed E-state index contributed by atoms with van der Waals surface area (Å²) in [4.78, 5) is 16.9. The smallest absolute Gasteiger partial charge is 0.387 e. The van der Waals surface area contributed by atoms with E-state index < -0.39 is 6.61 Å². The van der Waals surface area contributed by atoms with E-state index in [2.05, 4.69) is 15.7 Å². The Kier molecular flexibility index (Phi) is 7.20. The Labute approximate surface area is 174 Å². The molecule has 1 fully saturated rings. The molecule has 1 amide bonds. The number of amides is 1. The van der Waals surface area contributed by atoms with Crippen LogP contribution in [0.25, 0.3) is 0 Å². The van der Waals surface area contributed by atoms with Crippen molar-refractivity contribution >= 4 is 5.91 Å². The third kappa shape index (κ3) is 5.45. The van der Waals surface area contributed by atoms with Crippen LogP contribution in [0, 0.1) is 11.3 Å². The second-order valence-electron chi connectivity index (χ2n) is 6.97. The van der Waals surface area contributed by atoms with Gasteiger partial charge in [-0.2, -0.15) is 14.0 Å². The second-order valence-corrected chi connectivity index (χ2v) is 6.97. The number of nitriles is 1. The lowest BCUT2D eigenvalue weighted by atomic mass is 10.1. The van der Waals surface area contributed by atoms with E-state index in [9.17, 15) is 13.6 Å². The number of ether oxygens (including phenoxy) is 2. The normalized spacial score (nSPS) is 14.8. The molecule has 0 N–H and O–H groups in total. The maximum absolute atomic E-state index is 12.9. The number of nitrogens with zero attached hydrogens (tertiary/aromatic N) is 3. The topological polar surface area (TPSA) is 65.8 Å². The first-order chi connectivity index (χ1) is 14.5. The maximum atomic E-state index is 12.9. The summed E-state index contributed by atoms with van der Waals surface area (Å²) in [7, 11) is 1.35. The van der Waals surface area contributed by atoms with Gasteiger partial charge in [-0.15, -0.1) is 0 Å². The van der Waals surface area contributed by atoms with Crippen LogP contribution in [0.4, 0.5) is 8.78 Å². The molecule has 30 heavy (non-hydrogen) atoms. The first kappa shape index (κ1) is 21.5. The van der Waals surface area contributed by atoms with E-state index in [-0.39, 0.29) is 23.0 Å². The van der Waals surface area contributed by atoms with E-state index >= 15 is 0 Å². The van der Waals surface area contributed by atoms with Crippen molar-refractivity contribution in [3.63, 3.8) is 0 Å². The summed E-state index contributed by atoms with van der Waals surface area (Å²) in [5, 5.41) is 8.90. The lowest BCUT2D eigenvalue weighted by molar-refractivity contribution is -0.0512. The summed E-state index contributed by atoms with van der Waals surface area (Å²) in [6.45, 7) is 0.390. The van der Waals surface area contributed by atoms with Crippen molar-refractivity contribution < 1.29 is 23.0 Å². The Bertz CT molecular complexity index is 913. The van der Waals surface area contributed by atoms with E-state index in [4.69, 9.17) is 10.00 Å². The standard InChI is InChI=1S/C22H23F2N3O3/c1-29-19-8-7-18(13-20(19)30-22(23)24)21(28)27-10-2-9-26(11-12-27)15-17-5-3-16(14-25)4-6-17/h3-8,13,22H,2,9-12,15H2,1H3. The van der Waals surface area contributed by atoms with Crippen LogP contribution in [0.1, 0.15) is 27.9 Å². The van der Waals surface area contributed by atoms with Crippen LogP contribution in [0.2, 0.25) is 0 Å². The average molecular weight is 415 g/mol. The fraction of sp³-hybridized carbons (Fsp3) is 0.364. The first-order valence-corrected chi connectivity index (χ1v) is 9.63. The number of halogens is 2. The Balaban J connectivity index is 1.64. The quantitative estimate of drug-likeness (QED) is 0.722. The molecule has 0 atom stereocenters. The third-order valence-corrected chi connectivity index (χ3v) is 4.99. The van der Waals surface area contributed by atoms with Crippen LogP contribution in [0.5, 0.6) is 11.5 Å². The molecular formula is C22H23F2N3O3. The minimum absolute atomic E-state index is 0.149. The van der Waals surface area contributed by atoms with Crippen molar-refractivity contribution in [2.24, 2.45) is 0 Å². The number of benzene rings is 2. The molecule has 0 spiro atoms. The molecule has 8 heteroatoms. The van der Waals surface area contributed by atoms with Gasteiger partial charge < -0.3 is 14.4 Å². The molecule has 1 heterocycles. The average Bonchev–Trinajstić information content (AvgIpc) is 2.99. The minimum atomic E-state index is -3.00. The van der Waals surface area contributed by atoms with Gasteiger partial charge in [-0.3, -0.25) is 9.69 Å². The summed E-state index contributed by atoms with van der Waals surface area (Å²) < 4.78 is 34.8. The number of rotatable bonds is 6. The molecule has 0 saturated carbocycles. The summed E-state index contributed by atoms with van der Waals surface area (Å²) in [5.41, 5.74) is 2.02. The number of alkyl halides is 2. The Hall–Kier alpha value is -3.18. The molecule has 1 aliphatic heterocycles. The van der Waals surface area contributed by atoms with E-state index in [1.165, 1.54) is 19.2 Å². The zero-order valence-electron chi connectivity index (χ0n) is 16.7. The van der Waals surface area contributed by atoms with E-state index in [1.807, 2.05) is 12.1 Å². The van der Waals surface area contributed by atoms with Crippen LogP contribution in [-0.2, 0) is 6.54 Å². The molecule has 158 valence electrons. The molecule has 1 saturated heterocycles. The molecule has 0 radical (unpaired) electrons. The van der Waals surface area contributed by atoms with Crippen molar-refractivity contribution in [2.45, 2.75) is 19.6 Å². The molecule has 2 aromatic rings. The molecule has 0 aliphatic carbocycles. The van der Waals surface area contributed by atoms with Crippen LogP contribution < -0.4 is 9.47 Å². The van der Waals surface area contributed by atoms with Crippen molar-refractivity contribution in [1.29, 1.82) is 5.26 Å². The second kappa shape index (κ2) is 10.0. The van der Waals surface area contributed by atoms with E-state index in [0.717, 1.165) is 25.1 Å². The summed E-state index contributed by atoms with van der Waals surface area (Å²) in [6, 6.07) is 13.9. The van der Waals surface area contributed by atoms with Crippen molar-refractivity contribution in [1.82, 2.24) is 9.80 Å². The zero-order valence-corrected chi connectivity index (χ0v) is 16.7. The van der Waals surface area contributed by atoms with Gasteiger partial charge >= 0.3 is 6.61 Å². The number of hydrogen-bond acceptors (Lipinski definition) is 5. The Morgan fingerprint density at radius 1 is 1.10 bits per heavy atom. The molecule has 1 aliphatic rings. The van der Waals surface area contributed by atoms with Gasteiger partial charge in [0.2, 0.25) is 0 Å². The largest absolute Gasteiger partial charge is 0.493 e. The SMILES string of the molecule is COc1ccc(C(=O)N2CCCN(Cc3ccc(C#N)cc3)CC2)cc1OC(F)F. The minimum Gasteiger partial charge on any atom is -0.493 e. The highest BCUT2D eigenvalue weighted by atomic mass is 19.3. The number of hydrogen-bond donors (Lipinski definition) is 0. The Morgan fingerprint density at radius 3 is 2.53 bits per heavy atom. The molecule has 0 unspecified atom stereocenters. The van der Waals surface area contributed by atoms with Gasteiger partial charge in [0.25, 0.3) is 5.91 Å². The highest BCUT2D eigenvalue weighted by Crippen LogP contribution is 2.30. The van der Waals surface area contributed by atoms with Gasteiger partial charge in [-0.05, 0) is 42.3 Å². The van der Waals surface area contributed by atoms with Crippen molar-refractivity contribution in [3.05, 3.63) is 59.2 Å². The molecule has 3 rings (SSSR count). The predicted octanol–water partition coefficient (Wildman–Crippen LogP) is 3.52. The van der Waals surface area contributed by atoms with Crippen LogP contribution in [-0.4, -0.2) is 55.6 Å². The van der Waals surface area contributed by atoms with Gasteiger partial charge in [0.15, 0.2) is 11.5 Å². The highest BCUT2D eigenvalue weighted by molar-refractivity contribution is 5.95. The molecular weight excluding hydrogens is 392 g/mol. The van der Waals surface area contributed by atoms with Gasteiger partial charge in [-0.25, -0.2) is 0 Å². The number of methoxy groups -OCH3 is 1. The lowest BCUT2D eigenvalue weighted by Gasteiger charge is -2.22. The molecule has 0 bridgehead atoms. The fourth-order valence-electron chi connectivity index (χ4n) is 3.46. The van der Waals surface area contributed by atoms with Crippen LogP contribution in [0.3, 0.4) is 0 Å². The maximum Gasteiger partial charge on any atom is 0.387 e. The summed E-state index contributed by atoms with van der Waals surface area (Å²) >= 11 is 0. The van der Waals surface area contributed by atoms with Gasteiger partial charge in [0, 0.05) is 38.3 Å². The van der Waals surface area contributed by atoms with Crippen LogP contribution >= 0.6 is 0 Å². The number of carbonyl (C=O) groups is 1. The number of carbonyl (C=O) groups excluding carboxylic acids is 1. The lowest BCUT2D eigenvalue weighted by Crippen LogP contribution is -2.35. The zero-order chi connectivity index (χ0) is 21.5. The summed E-state index contributed by atoms with van der Waals surface area (Å²) in [5.74, 6) is -0.232.